The van der Waals surface area contributed by atoms with Crippen molar-refractivity contribution in [2.45, 2.75) is 6.92 Å². The average Bonchev–Trinajstić information content (AvgIpc) is 3.28. The number of halogens is 1. The van der Waals surface area contributed by atoms with Gasteiger partial charge in [0, 0.05) is 37.8 Å². The summed E-state index contributed by atoms with van der Waals surface area (Å²) in [6, 6.07) is 19.2. The van der Waals surface area contributed by atoms with Gasteiger partial charge in [0.25, 0.3) is 0 Å². The zero-order chi connectivity index (χ0) is 21.6. The summed E-state index contributed by atoms with van der Waals surface area (Å²) in [7, 11) is 0. The van der Waals surface area contributed by atoms with E-state index in [-0.39, 0.29) is 5.91 Å². The summed E-state index contributed by atoms with van der Waals surface area (Å²) < 4.78 is 5.83. The molecule has 4 rings (SSSR count). The molecule has 0 atom stereocenters. The maximum Gasteiger partial charge on any atom is 0.248 e. The van der Waals surface area contributed by atoms with Gasteiger partial charge in [0.15, 0.2) is 0 Å². The first-order chi connectivity index (χ1) is 15.1. The fourth-order valence-corrected chi connectivity index (χ4v) is 4.05. The molecule has 0 bridgehead atoms. The Bertz CT molecular complexity index is 1050. The first-order valence-corrected chi connectivity index (χ1v) is 10.9. The van der Waals surface area contributed by atoms with Gasteiger partial charge < -0.3 is 19.5 Å². The van der Waals surface area contributed by atoms with Crippen molar-refractivity contribution < 1.29 is 9.21 Å². The molecule has 1 amide bonds. The molecule has 2 heterocycles. The molecule has 1 aliphatic heterocycles. The third-order valence-electron chi connectivity index (χ3n) is 5.46. The molecule has 5 nitrogen and oxygen atoms in total. The van der Waals surface area contributed by atoms with Crippen molar-refractivity contribution in [2.24, 2.45) is 0 Å². The van der Waals surface area contributed by atoms with Gasteiger partial charge in [-0.2, -0.15) is 0 Å². The summed E-state index contributed by atoms with van der Waals surface area (Å²) in [4.78, 5) is 17.2. The second kappa shape index (κ2) is 9.86. The highest BCUT2D eigenvalue weighted by Crippen LogP contribution is 2.34. The number of furan rings is 1. The molecule has 6 heteroatoms. The van der Waals surface area contributed by atoms with Crippen LogP contribution >= 0.6 is 11.6 Å². The van der Waals surface area contributed by atoms with Gasteiger partial charge in [0.1, 0.15) is 11.5 Å². The lowest BCUT2D eigenvalue weighted by Crippen LogP contribution is -2.46. The van der Waals surface area contributed by atoms with Crippen LogP contribution in [0.5, 0.6) is 0 Å². The number of anilines is 2. The average molecular weight is 436 g/mol. The molecule has 0 aliphatic carbocycles. The highest BCUT2D eigenvalue weighted by molar-refractivity contribution is 6.34. The van der Waals surface area contributed by atoms with Crippen LogP contribution in [0.3, 0.4) is 0 Å². The first kappa shape index (κ1) is 21.2. The number of para-hydroxylation sites is 1. The Morgan fingerprint density at radius 1 is 1.03 bits per heavy atom. The van der Waals surface area contributed by atoms with Crippen molar-refractivity contribution in [1.82, 2.24) is 4.90 Å². The molecule has 1 fully saturated rings. The second-order valence-electron chi connectivity index (χ2n) is 7.45. The Morgan fingerprint density at radius 2 is 1.81 bits per heavy atom. The van der Waals surface area contributed by atoms with Crippen LogP contribution in [-0.2, 0) is 4.79 Å². The predicted octanol–water partition coefficient (Wildman–Crippen LogP) is 5.39. The fourth-order valence-electron chi connectivity index (χ4n) is 3.76. The number of hydrogen-bond donors (Lipinski definition) is 1. The fraction of sp³-hybridized carbons (Fsp3) is 0.240. The highest BCUT2D eigenvalue weighted by Gasteiger charge is 2.21. The Labute approximate surface area is 187 Å². The smallest absolute Gasteiger partial charge is 0.248 e. The molecule has 0 radical (unpaired) electrons. The first-order valence-electron chi connectivity index (χ1n) is 10.5. The van der Waals surface area contributed by atoms with Crippen molar-refractivity contribution in [1.29, 1.82) is 0 Å². The molecule has 31 heavy (non-hydrogen) atoms. The van der Waals surface area contributed by atoms with E-state index in [1.165, 1.54) is 6.08 Å². The summed E-state index contributed by atoms with van der Waals surface area (Å²) in [6.45, 7) is 6.94. The minimum absolute atomic E-state index is 0.228. The maximum atomic E-state index is 12.6. The Kier molecular flexibility index (Phi) is 6.75. The quantitative estimate of drug-likeness (QED) is 0.527. The van der Waals surface area contributed by atoms with Crippen LogP contribution in [0.2, 0.25) is 5.02 Å². The minimum Gasteiger partial charge on any atom is -0.457 e. The molecule has 0 saturated carbocycles. The van der Waals surface area contributed by atoms with Gasteiger partial charge >= 0.3 is 0 Å². The van der Waals surface area contributed by atoms with Crippen LogP contribution in [0.15, 0.2) is 71.2 Å². The lowest BCUT2D eigenvalue weighted by atomic mass is 10.2. The van der Waals surface area contributed by atoms with Crippen molar-refractivity contribution in [2.75, 3.05) is 42.9 Å². The van der Waals surface area contributed by atoms with Gasteiger partial charge in [-0.05, 0) is 36.9 Å². The van der Waals surface area contributed by atoms with Gasteiger partial charge in [-0.1, -0.05) is 54.9 Å². The van der Waals surface area contributed by atoms with Crippen LogP contribution in [0.25, 0.3) is 17.4 Å². The highest BCUT2D eigenvalue weighted by atomic mass is 35.5. The number of rotatable bonds is 6. The maximum absolute atomic E-state index is 12.6. The summed E-state index contributed by atoms with van der Waals surface area (Å²) in [5.74, 6) is 1.16. The van der Waals surface area contributed by atoms with E-state index in [9.17, 15) is 4.79 Å². The van der Waals surface area contributed by atoms with Crippen molar-refractivity contribution in [3.8, 4) is 11.3 Å². The number of hydrogen-bond acceptors (Lipinski definition) is 4. The third kappa shape index (κ3) is 5.19. The van der Waals surface area contributed by atoms with E-state index in [0.717, 1.165) is 55.4 Å². The Morgan fingerprint density at radius 3 is 2.55 bits per heavy atom. The monoisotopic (exact) mass is 435 g/mol. The number of benzene rings is 2. The van der Waals surface area contributed by atoms with Crippen LogP contribution in [0.4, 0.5) is 11.4 Å². The van der Waals surface area contributed by atoms with E-state index in [1.807, 2.05) is 60.7 Å². The molecular weight excluding hydrogens is 410 g/mol. The summed E-state index contributed by atoms with van der Waals surface area (Å²) >= 11 is 6.51. The van der Waals surface area contributed by atoms with Gasteiger partial charge in [-0.15, -0.1) is 0 Å². The summed E-state index contributed by atoms with van der Waals surface area (Å²) in [5, 5.41) is 3.62. The zero-order valence-electron chi connectivity index (χ0n) is 17.6. The number of nitrogens with one attached hydrogen (secondary N) is 1. The molecule has 1 aromatic heterocycles. The van der Waals surface area contributed by atoms with Crippen LogP contribution < -0.4 is 10.2 Å². The number of nitrogens with zero attached hydrogens (tertiary/aromatic N) is 2. The molecule has 2 aromatic carbocycles. The van der Waals surface area contributed by atoms with E-state index in [2.05, 4.69) is 22.0 Å². The number of carbonyl (C=O) groups excluding carboxylic acids is 1. The van der Waals surface area contributed by atoms with E-state index >= 15 is 0 Å². The van der Waals surface area contributed by atoms with E-state index in [0.29, 0.717) is 10.8 Å². The van der Waals surface area contributed by atoms with E-state index in [4.69, 9.17) is 16.0 Å². The van der Waals surface area contributed by atoms with Gasteiger partial charge in [0.2, 0.25) is 5.91 Å². The standard InChI is InChI=1S/C25H26ClN3O2/c1-2-28-15-17-29(18-16-28)25-21(26)9-6-10-22(25)27-24(30)14-12-20-11-13-23(31-20)19-7-4-3-5-8-19/h3-14H,2,15-18H2,1H3,(H,27,30)/b14-12+. The lowest BCUT2D eigenvalue weighted by molar-refractivity contribution is -0.111. The van der Waals surface area contributed by atoms with Gasteiger partial charge in [0.05, 0.1) is 16.4 Å². The van der Waals surface area contributed by atoms with E-state index < -0.39 is 0 Å². The number of amides is 1. The molecule has 3 aromatic rings. The van der Waals surface area contributed by atoms with Gasteiger partial charge in [-0.3, -0.25) is 4.79 Å². The SMILES string of the molecule is CCN1CCN(c2c(Cl)cccc2NC(=O)/C=C/c2ccc(-c3ccccc3)o2)CC1. The molecule has 1 saturated heterocycles. The molecule has 1 aliphatic rings. The van der Waals surface area contributed by atoms with Crippen LogP contribution in [-0.4, -0.2) is 43.5 Å². The molecule has 160 valence electrons. The van der Waals surface area contributed by atoms with Crippen molar-refractivity contribution in [3.63, 3.8) is 0 Å². The largest absolute Gasteiger partial charge is 0.457 e. The molecular formula is C25H26ClN3O2. The number of piperazine rings is 1. The lowest BCUT2D eigenvalue weighted by Gasteiger charge is -2.36. The minimum atomic E-state index is -0.228. The van der Waals surface area contributed by atoms with E-state index in [1.54, 1.807) is 6.08 Å². The Hall–Kier alpha value is -3.02. The van der Waals surface area contributed by atoms with Gasteiger partial charge in [-0.25, -0.2) is 0 Å². The zero-order valence-corrected chi connectivity index (χ0v) is 18.3. The number of likely N-dealkylation sites (N-methyl/N-ethyl adjacent to an activating group) is 1. The Balaban J connectivity index is 1.44. The van der Waals surface area contributed by atoms with Crippen molar-refractivity contribution >= 4 is 35.0 Å². The second-order valence-corrected chi connectivity index (χ2v) is 7.86. The molecule has 0 unspecified atom stereocenters. The van der Waals surface area contributed by atoms with Crippen LogP contribution in [0, 0.1) is 0 Å². The normalized spacial score (nSPS) is 14.8. The predicted molar refractivity (Wildman–Crippen MR) is 128 cm³/mol. The van der Waals surface area contributed by atoms with Crippen LogP contribution in [0.1, 0.15) is 12.7 Å². The van der Waals surface area contributed by atoms with Crippen molar-refractivity contribution in [3.05, 3.63) is 77.5 Å². The third-order valence-corrected chi connectivity index (χ3v) is 5.77. The molecule has 0 spiro atoms. The topological polar surface area (TPSA) is 48.7 Å². The summed E-state index contributed by atoms with van der Waals surface area (Å²) in [5.41, 5.74) is 2.60. The number of carbonyl (C=O) groups is 1. The summed E-state index contributed by atoms with van der Waals surface area (Å²) in [6.07, 6.45) is 3.15. The molecule has 1 N–H and O–H groups in total.